The van der Waals surface area contributed by atoms with E-state index in [1.54, 1.807) is 19.1 Å². The van der Waals surface area contributed by atoms with Gasteiger partial charge in [-0.05, 0) is 24.6 Å². The highest BCUT2D eigenvalue weighted by atomic mass is 79.9. The van der Waals surface area contributed by atoms with Gasteiger partial charge in [-0.1, -0.05) is 15.9 Å². The zero-order valence-corrected chi connectivity index (χ0v) is 11.3. The first kappa shape index (κ1) is 15.3. The van der Waals surface area contributed by atoms with E-state index in [0.29, 0.717) is 11.3 Å². The quantitative estimate of drug-likeness (QED) is 0.667. The Morgan fingerprint density at radius 2 is 2.00 bits per heavy atom. The van der Waals surface area contributed by atoms with Crippen molar-refractivity contribution in [2.45, 2.75) is 19.6 Å². The molecule has 0 radical (unpaired) electrons. The maximum atomic E-state index is 11.9. The second-order valence-electron chi connectivity index (χ2n) is 3.64. The summed E-state index contributed by atoms with van der Waals surface area (Å²) in [6, 6.07) is 3.55. The highest BCUT2D eigenvalue weighted by molar-refractivity contribution is 9.10. The Balaban J connectivity index is 2.62. The lowest BCUT2D eigenvalue weighted by atomic mass is 10.1. The molecule has 0 spiro atoms. The second-order valence-corrected chi connectivity index (χ2v) is 4.56. The van der Waals surface area contributed by atoms with Crippen LogP contribution in [0.1, 0.15) is 11.1 Å². The molecule has 3 nitrogen and oxygen atoms in total. The van der Waals surface area contributed by atoms with E-state index in [0.717, 1.165) is 10.0 Å². The molecule has 1 aromatic carbocycles. The van der Waals surface area contributed by atoms with Crippen LogP contribution in [0.15, 0.2) is 16.6 Å². The first-order chi connectivity index (χ1) is 8.33. The largest absolute Gasteiger partial charge is 0.467 e. The minimum atomic E-state index is -4.35. The lowest BCUT2D eigenvalue weighted by Gasteiger charge is -2.14. The molecule has 0 heterocycles. The predicted molar refractivity (Wildman–Crippen MR) is 64.3 cm³/mol. The molecule has 0 bridgehead atoms. The van der Waals surface area contributed by atoms with Crippen LogP contribution < -0.4 is 10.5 Å². The monoisotopic (exact) mass is 327 g/mol. The van der Waals surface area contributed by atoms with Gasteiger partial charge in [0.1, 0.15) is 12.4 Å². The molecule has 0 aliphatic carbocycles. The summed E-state index contributed by atoms with van der Waals surface area (Å²) in [4.78, 5) is 0. The van der Waals surface area contributed by atoms with Crippen molar-refractivity contribution in [1.82, 2.24) is 0 Å². The van der Waals surface area contributed by atoms with E-state index in [1.807, 2.05) is 0 Å². The second kappa shape index (κ2) is 6.40. The molecule has 0 atom stereocenters. The number of halogens is 4. The molecule has 0 fully saturated rings. The average molecular weight is 328 g/mol. The normalized spacial score (nSPS) is 11.7. The first-order valence-electron chi connectivity index (χ1n) is 5.10. The number of benzene rings is 1. The smallest absolute Gasteiger partial charge is 0.411 e. The molecule has 0 unspecified atom stereocenters. The maximum absolute atomic E-state index is 11.9. The van der Waals surface area contributed by atoms with E-state index in [1.165, 1.54) is 0 Å². The summed E-state index contributed by atoms with van der Waals surface area (Å²) in [6.45, 7) is 0.216. The lowest BCUT2D eigenvalue weighted by Crippen LogP contribution is -2.19. The Hall–Kier alpha value is -0.790. The van der Waals surface area contributed by atoms with Crippen LogP contribution in [-0.2, 0) is 11.3 Å². The third kappa shape index (κ3) is 4.83. The average Bonchev–Trinajstić information content (AvgIpc) is 2.24. The molecule has 7 heteroatoms. The van der Waals surface area contributed by atoms with Gasteiger partial charge >= 0.3 is 6.18 Å². The van der Waals surface area contributed by atoms with Gasteiger partial charge in [0.2, 0.25) is 0 Å². The highest BCUT2D eigenvalue weighted by Crippen LogP contribution is 2.28. The Kier molecular flexibility index (Phi) is 5.43. The molecule has 102 valence electrons. The molecule has 1 rings (SSSR count). The van der Waals surface area contributed by atoms with Crippen molar-refractivity contribution in [2.24, 2.45) is 5.73 Å². The molecular formula is C11H13BrF3NO2. The summed E-state index contributed by atoms with van der Waals surface area (Å²) in [5.74, 6) is 0.461. The van der Waals surface area contributed by atoms with Gasteiger partial charge in [-0.25, -0.2) is 0 Å². The molecule has 0 aliphatic heterocycles. The summed E-state index contributed by atoms with van der Waals surface area (Å²) < 4.78 is 46.0. The van der Waals surface area contributed by atoms with E-state index in [-0.39, 0.29) is 6.54 Å². The minimum Gasteiger partial charge on any atom is -0.467 e. The predicted octanol–water partition coefficient (Wildman–Crippen LogP) is 3.13. The van der Waals surface area contributed by atoms with Crippen molar-refractivity contribution in [3.63, 3.8) is 0 Å². The Labute approximate surface area is 111 Å². The molecule has 0 saturated carbocycles. The van der Waals surface area contributed by atoms with E-state index in [4.69, 9.17) is 10.5 Å². The topological polar surface area (TPSA) is 44.5 Å². The molecule has 2 N–H and O–H groups in total. The van der Waals surface area contributed by atoms with Crippen LogP contribution in [0.5, 0.6) is 5.75 Å². The summed E-state index contributed by atoms with van der Waals surface area (Å²) in [7, 11) is 0. The van der Waals surface area contributed by atoms with Gasteiger partial charge in [-0.3, -0.25) is 0 Å². The number of aryl methyl sites for hydroxylation is 1. The fourth-order valence-corrected chi connectivity index (χ4v) is 2.04. The first-order valence-corrected chi connectivity index (χ1v) is 5.89. The van der Waals surface area contributed by atoms with Gasteiger partial charge in [0.25, 0.3) is 0 Å². The van der Waals surface area contributed by atoms with Crippen LogP contribution in [0.3, 0.4) is 0 Å². The number of hydrogen-bond acceptors (Lipinski definition) is 3. The van der Waals surface area contributed by atoms with E-state index in [2.05, 4.69) is 20.7 Å². The van der Waals surface area contributed by atoms with Gasteiger partial charge in [-0.15, -0.1) is 0 Å². The fraction of sp³-hybridized carbons (Fsp3) is 0.455. The minimum absolute atomic E-state index is 0.231. The van der Waals surface area contributed by atoms with E-state index < -0.39 is 19.6 Å². The number of alkyl halides is 3. The van der Waals surface area contributed by atoms with Crippen molar-refractivity contribution >= 4 is 15.9 Å². The van der Waals surface area contributed by atoms with Crippen molar-refractivity contribution in [1.29, 1.82) is 0 Å². The van der Waals surface area contributed by atoms with Crippen LogP contribution in [0.25, 0.3) is 0 Å². The van der Waals surface area contributed by atoms with Gasteiger partial charge in [0.15, 0.2) is 6.79 Å². The zero-order valence-electron chi connectivity index (χ0n) is 9.68. The zero-order chi connectivity index (χ0) is 13.8. The molecule has 0 aromatic heterocycles. The van der Waals surface area contributed by atoms with Gasteiger partial charge in [-0.2, -0.15) is 13.2 Å². The summed E-state index contributed by atoms with van der Waals surface area (Å²) in [5, 5.41) is 0. The molecule has 0 saturated heterocycles. The highest BCUT2D eigenvalue weighted by Gasteiger charge is 2.27. The van der Waals surface area contributed by atoms with Crippen molar-refractivity contribution in [3.05, 3.63) is 27.7 Å². The third-order valence-corrected chi connectivity index (χ3v) is 2.55. The number of hydrogen-bond donors (Lipinski definition) is 1. The van der Waals surface area contributed by atoms with E-state index >= 15 is 0 Å². The molecule has 18 heavy (non-hydrogen) atoms. The van der Waals surface area contributed by atoms with Crippen LogP contribution >= 0.6 is 15.9 Å². The number of ether oxygens (including phenoxy) is 2. The summed E-state index contributed by atoms with van der Waals surface area (Å²) >= 11 is 3.30. The summed E-state index contributed by atoms with van der Waals surface area (Å²) in [6.07, 6.45) is -4.35. The number of rotatable bonds is 5. The standard InChI is InChI=1S/C11H13BrF3NO2/c1-7-2-9(12)3-8(4-16)10(7)18-6-17-5-11(13,14)15/h2-3H,4-6,16H2,1H3. The van der Waals surface area contributed by atoms with Crippen LogP contribution in [0.4, 0.5) is 13.2 Å². The third-order valence-electron chi connectivity index (χ3n) is 2.09. The molecule has 0 aliphatic rings. The maximum Gasteiger partial charge on any atom is 0.411 e. The SMILES string of the molecule is Cc1cc(Br)cc(CN)c1OCOCC(F)(F)F. The lowest BCUT2D eigenvalue weighted by molar-refractivity contribution is -0.186. The Morgan fingerprint density at radius 1 is 1.33 bits per heavy atom. The Bertz CT molecular complexity index is 410. The molecule has 1 aromatic rings. The van der Waals surface area contributed by atoms with Crippen LogP contribution in [0, 0.1) is 6.92 Å². The molecule has 0 amide bonds. The van der Waals surface area contributed by atoms with Crippen LogP contribution in [0.2, 0.25) is 0 Å². The number of nitrogens with two attached hydrogens (primary N) is 1. The van der Waals surface area contributed by atoms with Crippen molar-refractivity contribution in [3.8, 4) is 5.75 Å². The molecular weight excluding hydrogens is 315 g/mol. The van der Waals surface area contributed by atoms with Gasteiger partial charge < -0.3 is 15.2 Å². The fourth-order valence-electron chi connectivity index (χ4n) is 1.42. The van der Waals surface area contributed by atoms with Gasteiger partial charge in [0, 0.05) is 16.6 Å². The summed E-state index contributed by atoms with van der Waals surface area (Å²) in [5.41, 5.74) is 7.02. The van der Waals surface area contributed by atoms with Crippen molar-refractivity contribution in [2.75, 3.05) is 13.4 Å². The van der Waals surface area contributed by atoms with Crippen LogP contribution in [-0.4, -0.2) is 19.6 Å². The van der Waals surface area contributed by atoms with Crippen molar-refractivity contribution < 1.29 is 22.6 Å². The van der Waals surface area contributed by atoms with E-state index in [9.17, 15) is 13.2 Å². The Morgan fingerprint density at radius 3 is 2.56 bits per heavy atom. The van der Waals surface area contributed by atoms with Gasteiger partial charge in [0.05, 0.1) is 0 Å².